The van der Waals surface area contributed by atoms with E-state index >= 15 is 0 Å². The summed E-state index contributed by atoms with van der Waals surface area (Å²) in [5, 5.41) is 0. The predicted molar refractivity (Wildman–Crippen MR) is 70.2 cm³/mol. The molecule has 3 nitrogen and oxygen atoms in total. The van der Waals surface area contributed by atoms with Gasteiger partial charge in [0.1, 0.15) is 18.2 Å². The summed E-state index contributed by atoms with van der Waals surface area (Å²) in [5.41, 5.74) is 6.16. The zero-order valence-electron chi connectivity index (χ0n) is 11.1. The van der Waals surface area contributed by atoms with Crippen molar-refractivity contribution < 1.29 is 13.9 Å². The van der Waals surface area contributed by atoms with Gasteiger partial charge in [-0.1, -0.05) is 19.4 Å². The number of ether oxygens (including phenoxy) is 2. The number of unbranched alkanes of at least 4 members (excludes halogenated alkanes) is 1. The second-order valence-electron chi connectivity index (χ2n) is 4.25. The zero-order chi connectivity index (χ0) is 13.4. The molecule has 0 bridgehead atoms. The standard InChI is InChI=1S/C14H22FNO2/c1-3-4-8-17-9-10-18-13-7-5-6-12(15)14(13)11(2)16/h5-7,11H,3-4,8-10,16H2,1-2H3/t11-/m1/s1. The summed E-state index contributed by atoms with van der Waals surface area (Å²) in [5.74, 6) is 0.179. The van der Waals surface area contributed by atoms with Gasteiger partial charge in [-0.05, 0) is 25.5 Å². The highest BCUT2D eigenvalue weighted by Crippen LogP contribution is 2.26. The summed E-state index contributed by atoms with van der Waals surface area (Å²) in [6, 6.07) is 4.35. The maximum atomic E-state index is 13.6. The normalized spacial score (nSPS) is 12.4. The summed E-state index contributed by atoms with van der Waals surface area (Å²) >= 11 is 0. The van der Waals surface area contributed by atoms with Crippen LogP contribution in [0.4, 0.5) is 4.39 Å². The molecule has 0 aliphatic rings. The lowest BCUT2D eigenvalue weighted by atomic mass is 10.1. The first-order valence-electron chi connectivity index (χ1n) is 6.41. The summed E-state index contributed by atoms with van der Waals surface area (Å²) in [6.07, 6.45) is 2.16. The highest BCUT2D eigenvalue weighted by atomic mass is 19.1. The van der Waals surface area contributed by atoms with Crippen molar-refractivity contribution in [2.24, 2.45) is 5.73 Å². The first-order valence-corrected chi connectivity index (χ1v) is 6.41. The molecule has 18 heavy (non-hydrogen) atoms. The molecule has 102 valence electrons. The van der Waals surface area contributed by atoms with Gasteiger partial charge in [0.25, 0.3) is 0 Å². The van der Waals surface area contributed by atoms with Crippen molar-refractivity contribution in [1.29, 1.82) is 0 Å². The SMILES string of the molecule is CCCCOCCOc1cccc(F)c1[C@@H](C)N. The Morgan fingerprint density at radius 2 is 2.06 bits per heavy atom. The van der Waals surface area contributed by atoms with Crippen LogP contribution in [0.3, 0.4) is 0 Å². The Bertz CT molecular complexity index is 356. The summed E-state index contributed by atoms with van der Waals surface area (Å²) in [4.78, 5) is 0. The fraction of sp³-hybridized carbons (Fsp3) is 0.571. The molecule has 0 saturated heterocycles. The second kappa shape index (κ2) is 8.06. The van der Waals surface area contributed by atoms with Crippen LogP contribution < -0.4 is 10.5 Å². The minimum atomic E-state index is -0.387. The van der Waals surface area contributed by atoms with Crippen molar-refractivity contribution >= 4 is 0 Å². The van der Waals surface area contributed by atoms with Crippen LogP contribution in [0.1, 0.15) is 38.3 Å². The smallest absolute Gasteiger partial charge is 0.131 e. The van der Waals surface area contributed by atoms with Crippen molar-refractivity contribution in [2.45, 2.75) is 32.7 Å². The largest absolute Gasteiger partial charge is 0.491 e. The fourth-order valence-electron chi connectivity index (χ4n) is 1.64. The quantitative estimate of drug-likeness (QED) is 0.726. The van der Waals surface area contributed by atoms with Crippen LogP contribution in [0.5, 0.6) is 5.75 Å². The van der Waals surface area contributed by atoms with Gasteiger partial charge in [-0.2, -0.15) is 0 Å². The second-order valence-corrected chi connectivity index (χ2v) is 4.25. The molecule has 1 aromatic carbocycles. The van der Waals surface area contributed by atoms with E-state index in [1.165, 1.54) is 6.07 Å². The lowest BCUT2D eigenvalue weighted by Crippen LogP contribution is -2.13. The minimum Gasteiger partial charge on any atom is -0.491 e. The monoisotopic (exact) mass is 255 g/mol. The molecule has 4 heteroatoms. The maximum absolute atomic E-state index is 13.6. The topological polar surface area (TPSA) is 44.5 Å². The van der Waals surface area contributed by atoms with E-state index < -0.39 is 0 Å². The Morgan fingerprint density at radius 3 is 2.72 bits per heavy atom. The molecule has 1 rings (SSSR count). The Kier molecular flexibility index (Phi) is 6.68. The van der Waals surface area contributed by atoms with Gasteiger partial charge in [-0.25, -0.2) is 4.39 Å². The zero-order valence-corrected chi connectivity index (χ0v) is 11.1. The van der Waals surface area contributed by atoms with Crippen molar-refractivity contribution in [2.75, 3.05) is 19.8 Å². The van der Waals surface area contributed by atoms with Crippen LogP contribution in [-0.2, 0) is 4.74 Å². The number of nitrogens with two attached hydrogens (primary N) is 1. The van der Waals surface area contributed by atoms with E-state index in [0.717, 1.165) is 19.4 Å². The van der Waals surface area contributed by atoms with Crippen LogP contribution in [0.25, 0.3) is 0 Å². The average Bonchev–Trinajstić information content (AvgIpc) is 2.33. The number of hydrogen-bond donors (Lipinski definition) is 1. The molecule has 1 aromatic rings. The Morgan fingerprint density at radius 1 is 1.28 bits per heavy atom. The number of benzene rings is 1. The third kappa shape index (κ3) is 4.63. The molecule has 0 saturated carbocycles. The van der Waals surface area contributed by atoms with Crippen LogP contribution in [-0.4, -0.2) is 19.8 Å². The van der Waals surface area contributed by atoms with E-state index in [4.69, 9.17) is 15.2 Å². The van der Waals surface area contributed by atoms with E-state index in [2.05, 4.69) is 6.92 Å². The molecule has 0 heterocycles. The lowest BCUT2D eigenvalue weighted by Gasteiger charge is -2.14. The molecule has 0 aliphatic carbocycles. The van der Waals surface area contributed by atoms with Crippen molar-refractivity contribution in [3.63, 3.8) is 0 Å². The molecular weight excluding hydrogens is 233 g/mol. The molecule has 1 atom stereocenters. The maximum Gasteiger partial charge on any atom is 0.131 e. The van der Waals surface area contributed by atoms with E-state index in [-0.39, 0.29) is 11.9 Å². The third-order valence-corrected chi connectivity index (χ3v) is 2.60. The van der Waals surface area contributed by atoms with Crippen molar-refractivity contribution in [1.82, 2.24) is 0 Å². The molecule has 0 amide bonds. The average molecular weight is 255 g/mol. The van der Waals surface area contributed by atoms with Crippen LogP contribution in [0.15, 0.2) is 18.2 Å². The number of hydrogen-bond acceptors (Lipinski definition) is 3. The fourth-order valence-corrected chi connectivity index (χ4v) is 1.64. The van der Waals surface area contributed by atoms with Gasteiger partial charge >= 0.3 is 0 Å². The van der Waals surface area contributed by atoms with Gasteiger partial charge in [0.05, 0.1) is 6.61 Å². The molecule has 0 aliphatic heterocycles. The highest BCUT2D eigenvalue weighted by molar-refractivity contribution is 5.36. The molecule has 0 spiro atoms. The highest BCUT2D eigenvalue weighted by Gasteiger charge is 2.13. The first kappa shape index (κ1) is 14.9. The van der Waals surface area contributed by atoms with Crippen molar-refractivity contribution in [3.8, 4) is 5.75 Å². The molecule has 2 N–H and O–H groups in total. The van der Waals surface area contributed by atoms with E-state index in [0.29, 0.717) is 24.5 Å². The van der Waals surface area contributed by atoms with Gasteiger partial charge in [0, 0.05) is 18.2 Å². The van der Waals surface area contributed by atoms with Gasteiger partial charge in [-0.15, -0.1) is 0 Å². The van der Waals surface area contributed by atoms with Crippen LogP contribution in [0, 0.1) is 5.82 Å². The third-order valence-electron chi connectivity index (χ3n) is 2.60. The van der Waals surface area contributed by atoms with Crippen molar-refractivity contribution in [3.05, 3.63) is 29.6 Å². The Labute approximate surface area is 108 Å². The molecule has 0 radical (unpaired) electrons. The van der Waals surface area contributed by atoms with E-state index in [1.54, 1.807) is 19.1 Å². The Hall–Kier alpha value is -1.13. The summed E-state index contributed by atoms with van der Waals surface area (Å²) in [6.45, 7) is 5.51. The van der Waals surface area contributed by atoms with Gasteiger partial charge in [0.15, 0.2) is 0 Å². The predicted octanol–water partition coefficient (Wildman–Crippen LogP) is 3.04. The molecular formula is C14H22FNO2. The summed E-state index contributed by atoms with van der Waals surface area (Å²) < 4.78 is 24.5. The molecule has 0 unspecified atom stereocenters. The number of halogens is 1. The minimum absolute atomic E-state index is 0.325. The van der Waals surface area contributed by atoms with Crippen LogP contribution in [0.2, 0.25) is 0 Å². The van der Waals surface area contributed by atoms with Gasteiger partial charge in [0.2, 0.25) is 0 Å². The van der Waals surface area contributed by atoms with Crippen LogP contribution >= 0.6 is 0 Å². The van der Waals surface area contributed by atoms with E-state index in [1.807, 2.05) is 0 Å². The molecule has 0 aromatic heterocycles. The number of rotatable bonds is 8. The van der Waals surface area contributed by atoms with Gasteiger partial charge < -0.3 is 15.2 Å². The Balaban J connectivity index is 2.44. The summed E-state index contributed by atoms with van der Waals surface area (Å²) in [7, 11) is 0. The van der Waals surface area contributed by atoms with Gasteiger partial charge in [-0.3, -0.25) is 0 Å². The first-order chi connectivity index (χ1) is 8.66. The van der Waals surface area contributed by atoms with E-state index in [9.17, 15) is 4.39 Å². The lowest BCUT2D eigenvalue weighted by molar-refractivity contribution is 0.0974. The molecule has 0 fully saturated rings.